The third kappa shape index (κ3) is 2.63. The number of H-pyrrole nitrogens is 1. The molecule has 0 aliphatic heterocycles. The van der Waals surface area contributed by atoms with Crippen molar-refractivity contribution < 1.29 is 9.22 Å². The van der Waals surface area contributed by atoms with Gasteiger partial charge >= 0.3 is 0 Å². The molecule has 1 N–H and O–H groups in total. The predicted molar refractivity (Wildman–Crippen MR) is 75.5 cm³/mol. The highest BCUT2D eigenvalue weighted by atomic mass is 32.2. The van der Waals surface area contributed by atoms with Gasteiger partial charge in [0.05, 0.1) is 24.8 Å². The van der Waals surface area contributed by atoms with E-state index in [1.807, 2.05) is 42.6 Å². The lowest BCUT2D eigenvalue weighted by molar-refractivity contribution is -0.160. The standard InChI is InChI=1S/C14H12N2O2S/c1-17-18-19-12-5-2-10(3-6-12)13-7-4-11-8-9-15-14(11)16-13/h2-9H,1H3,(H,15,16). The highest BCUT2D eigenvalue weighted by molar-refractivity contribution is 7.94. The zero-order valence-electron chi connectivity index (χ0n) is 10.3. The van der Waals surface area contributed by atoms with Gasteiger partial charge in [-0.05, 0) is 30.3 Å². The van der Waals surface area contributed by atoms with E-state index in [4.69, 9.17) is 4.33 Å². The predicted octanol–water partition coefficient (Wildman–Crippen LogP) is 3.82. The zero-order valence-corrected chi connectivity index (χ0v) is 11.1. The van der Waals surface area contributed by atoms with Crippen molar-refractivity contribution in [2.45, 2.75) is 4.90 Å². The second-order valence-corrected chi connectivity index (χ2v) is 4.73. The summed E-state index contributed by atoms with van der Waals surface area (Å²) >= 11 is 1.18. The van der Waals surface area contributed by atoms with Crippen LogP contribution in [0.2, 0.25) is 0 Å². The molecule has 0 fully saturated rings. The van der Waals surface area contributed by atoms with Crippen molar-refractivity contribution in [2.24, 2.45) is 0 Å². The molecule has 0 aliphatic rings. The molecule has 3 rings (SSSR count). The maximum absolute atomic E-state index is 4.81. The fraction of sp³-hybridized carbons (Fsp3) is 0.0714. The van der Waals surface area contributed by atoms with E-state index in [9.17, 15) is 0 Å². The summed E-state index contributed by atoms with van der Waals surface area (Å²) in [5.41, 5.74) is 2.91. The molecule has 0 bridgehead atoms. The molecule has 2 heterocycles. The molecule has 0 atom stereocenters. The van der Waals surface area contributed by atoms with Gasteiger partial charge in [0.2, 0.25) is 0 Å². The molecule has 5 heteroatoms. The summed E-state index contributed by atoms with van der Waals surface area (Å²) in [6, 6.07) is 14.1. The first-order valence-electron chi connectivity index (χ1n) is 5.79. The Morgan fingerprint density at radius 1 is 1.05 bits per heavy atom. The smallest absolute Gasteiger partial charge is 0.137 e. The van der Waals surface area contributed by atoms with Crippen molar-refractivity contribution >= 4 is 23.1 Å². The van der Waals surface area contributed by atoms with E-state index in [-0.39, 0.29) is 0 Å². The van der Waals surface area contributed by atoms with Crippen LogP contribution in [-0.4, -0.2) is 17.1 Å². The fourth-order valence-corrected chi connectivity index (χ4v) is 2.24. The van der Waals surface area contributed by atoms with Crippen LogP contribution in [0.3, 0.4) is 0 Å². The van der Waals surface area contributed by atoms with Crippen LogP contribution in [-0.2, 0) is 9.22 Å². The number of nitrogens with zero attached hydrogens (tertiary/aromatic N) is 1. The van der Waals surface area contributed by atoms with Crippen molar-refractivity contribution in [1.29, 1.82) is 0 Å². The van der Waals surface area contributed by atoms with E-state index in [0.29, 0.717) is 0 Å². The molecule has 2 aromatic heterocycles. The molecule has 0 radical (unpaired) electrons. The van der Waals surface area contributed by atoms with Gasteiger partial charge in [-0.2, -0.15) is 4.33 Å². The van der Waals surface area contributed by atoms with Gasteiger partial charge in [-0.3, -0.25) is 0 Å². The number of fused-ring (bicyclic) bond motifs is 1. The van der Waals surface area contributed by atoms with Gasteiger partial charge in [0.25, 0.3) is 0 Å². The summed E-state index contributed by atoms with van der Waals surface area (Å²) in [5.74, 6) is 0. The van der Waals surface area contributed by atoms with E-state index in [1.165, 1.54) is 19.2 Å². The van der Waals surface area contributed by atoms with Gasteiger partial charge in [-0.25, -0.2) is 9.87 Å². The molecule has 1 aromatic carbocycles. The summed E-state index contributed by atoms with van der Waals surface area (Å²) < 4.78 is 4.81. The summed E-state index contributed by atoms with van der Waals surface area (Å²) in [4.78, 5) is 13.2. The van der Waals surface area contributed by atoms with Gasteiger partial charge < -0.3 is 4.98 Å². The topological polar surface area (TPSA) is 47.1 Å². The number of hydrogen-bond acceptors (Lipinski definition) is 4. The molecular weight excluding hydrogens is 260 g/mol. The van der Waals surface area contributed by atoms with E-state index in [0.717, 1.165) is 27.2 Å². The normalized spacial score (nSPS) is 11.0. The van der Waals surface area contributed by atoms with Crippen LogP contribution in [0.1, 0.15) is 0 Å². The Bertz CT molecular complexity index is 679. The van der Waals surface area contributed by atoms with Gasteiger partial charge in [0.1, 0.15) is 5.65 Å². The Morgan fingerprint density at radius 3 is 2.68 bits per heavy atom. The summed E-state index contributed by atoms with van der Waals surface area (Å²) in [6.45, 7) is 0. The van der Waals surface area contributed by atoms with Crippen molar-refractivity contribution in [3.63, 3.8) is 0 Å². The second kappa shape index (κ2) is 5.44. The molecule has 0 saturated carbocycles. The largest absolute Gasteiger partial charge is 0.346 e. The first-order chi connectivity index (χ1) is 9.36. The average Bonchev–Trinajstić information content (AvgIpc) is 2.93. The molecular formula is C14H12N2O2S. The molecule has 3 aromatic rings. The quantitative estimate of drug-likeness (QED) is 0.445. The zero-order chi connectivity index (χ0) is 13.1. The Morgan fingerprint density at radius 2 is 1.89 bits per heavy atom. The van der Waals surface area contributed by atoms with Crippen LogP contribution in [0.25, 0.3) is 22.3 Å². The van der Waals surface area contributed by atoms with Crippen LogP contribution in [0.4, 0.5) is 0 Å². The summed E-state index contributed by atoms with van der Waals surface area (Å²) in [7, 11) is 1.48. The fourth-order valence-electron chi connectivity index (χ4n) is 1.85. The second-order valence-electron chi connectivity index (χ2n) is 3.95. The number of hydrogen-bond donors (Lipinski definition) is 1. The third-order valence-electron chi connectivity index (χ3n) is 2.76. The first kappa shape index (κ1) is 12.2. The average molecular weight is 272 g/mol. The lowest BCUT2D eigenvalue weighted by Gasteiger charge is -2.03. The molecule has 0 amide bonds. The number of benzene rings is 1. The third-order valence-corrected chi connectivity index (χ3v) is 3.43. The molecule has 0 saturated heterocycles. The summed E-state index contributed by atoms with van der Waals surface area (Å²) in [6.07, 6.45) is 1.89. The van der Waals surface area contributed by atoms with Crippen molar-refractivity contribution in [3.8, 4) is 11.3 Å². The first-order valence-corrected chi connectivity index (χ1v) is 6.53. The highest BCUT2D eigenvalue weighted by Gasteiger charge is 2.03. The number of aromatic amines is 1. The minimum absolute atomic E-state index is 0.902. The Hall–Kier alpha value is -1.82. The highest BCUT2D eigenvalue weighted by Crippen LogP contribution is 2.24. The van der Waals surface area contributed by atoms with Crippen LogP contribution in [0, 0.1) is 0 Å². The lowest BCUT2D eigenvalue weighted by atomic mass is 10.1. The van der Waals surface area contributed by atoms with E-state index in [1.54, 1.807) is 0 Å². The van der Waals surface area contributed by atoms with Gasteiger partial charge in [0.15, 0.2) is 0 Å². The van der Waals surface area contributed by atoms with Gasteiger partial charge in [0, 0.05) is 22.0 Å². The van der Waals surface area contributed by atoms with Crippen LogP contribution >= 0.6 is 12.0 Å². The number of aromatic nitrogens is 2. The molecule has 0 unspecified atom stereocenters. The summed E-state index contributed by atoms with van der Waals surface area (Å²) in [5, 5.41) is 1.12. The lowest BCUT2D eigenvalue weighted by Crippen LogP contribution is -1.85. The van der Waals surface area contributed by atoms with Crippen LogP contribution < -0.4 is 0 Å². The van der Waals surface area contributed by atoms with Crippen LogP contribution in [0.15, 0.2) is 53.6 Å². The Labute approximate surface area is 114 Å². The molecule has 0 aliphatic carbocycles. The molecule has 19 heavy (non-hydrogen) atoms. The van der Waals surface area contributed by atoms with Crippen molar-refractivity contribution in [2.75, 3.05) is 7.11 Å². The SMILES string of the molecule is COOSc1ccc(-c2ccc3cc[nH]c3n2)cc1. The molecule has 4 nitrogen and oxygen atoms in total. The molecule has 0 spiro atoms. The number of pyridine rings is 1. The number of rotatable bonds is 4. The van der Waals surface area contributed by atoms with E-state index in [2.05, 4.69) is 20.9 Å². The van der Waals surface area contributed by atoms with Gasteiger partial charge in [-0.15, -0.1) is 0 Å². The monoisotopic (exact) mass is 272 g/mol. The van der Waals surface area contributed by atoms with E-state index < -0.39 is 0 Å². The number of nitrogens with one attached hydrogen (secondary N) is 1. The Balaban J connectivity index is 1.88. The minimum atomic E-state index is 0.902. The molecule has 96 valence electrons. The maximum Gasteiger partial charge on any atom is 0.137 e. The van der Waals surface area contributed by atoms with Crippen LogP contribution in [0.5, 0.6) is 0 Å². The van der Waals surface area contributed by atoms with E-state index >= 15 is 0 Å². The van der Waals surface area contributed by atoms with Crippen molar-refractivity contribution in [3.05, 3.63) is 48.7 Å². The van der Waals surface area contributed by atoms with Crippen molar-refractivity contribution in [1.82, 2.24) is 9.97 Å². The minimum Gasteiger partial charge on any atom is -0.346 e. The Kier molecular flexibility index (Phi) is 3.50. The maximum atomic E-state index is 4.81. The van der Waals surface area contributed by atoms with Gasteiger partial charge in [-0.1, -0.05) is 12.1 Å².